The molecule has 1 saturated heterocycles. The molecule has 15 heavy (non-hydrogen) atoms. The lowest BCUT2D eigenvalue weighted by atomic mass is 10.1. The van der Waals surface area contributed by atoms with Crippen LogP contribution in [0.25, 0.3) is 0 Å². The molecule has 1 amide bonds. The average molecular weight is 237 g/mol. The molecule has 4 nitrogen and oxygen atoms in total. The summed E-state index contributed by atoms with van der Waals surface area (Å²) in [6, 6.07) is 0.102. The zero-order valence-electron chi connectivity index (χ0n) is 8.94. The standard InChI is InChI=1S/C9H16FNO3S/c1-3-7(2)11-5-8(4-9(11)12)6-15(10,13)14/h7-8H,3-6H2,1-2H3. The number of likely N-dealkylation sites (tertiary alicyclic amines) is 1. The first-order valence-electron chi connectivity index (χ1n) is 5.05. The van der Waals surface area contributed by atoms with E-state index >= 15 is 0 Å². The highest BCUT2D eigenvalue weighted by Crippen LogP contribution is 2.22. The summed E-state index contributed by atoms with van der Waals surface area (Å²) in [5.41, 5.74) is 0. The summed E-state index contributed by atoms with van der Waals surface area (Å²) in [6.07, 6.45) is 0.967. The fourth-order valence-electron chi connectivity index (χ4n) is 1.85. The first-order valence-corrected chi connectivity index (χ1v) is 6.60. The van der Waals surface area contributed by atoms with E-state index in [1.807, 2.05) is 13.8 Å². The lowest BCUT2D eigenvalue weighted by molar-refractivity contribution is -0.129. The number of rotatable bonds is 4. The Morgan fingerprint density at radius 2 is 2.20 bits per heavy atom. The Hall–Kier alpha value is -0.650. The van der Waals surface area contributed by atoms with Crippen LogP contribution in [0.1, 0.15) is 26.7 Å². The Morgan fingerprint density at radius 3 is 2.67 bits per heavy atom. The monoisotopic (exact) mass is 237 g/mol. The van der Waals surface area contributed by atoms with Crippen molar-refractivity contribution in [3.8, 4) is 0 Å². The van der Waals surface area contributed by atoms with E-state index in [1.165, 1.54) is 0 Å². The minimum atomic E-state index is -4.47. The van der Waals surface area contributed by atoms with E-state index in [0.29, 0.717) is 6.54 Å². The SMILES string of the molecule is CCC(C)N1CC(CS(=O)(=O)F)CC1=O. The number of nitrogens with zero attached hydrogens (tertiary/aromatic N) is 1. The van der Waals surface area contributed by atoms with Gasteiger partial charge < -0.3 is 4.90 Å². The van der Waals surface area contributed by atoms with Crippen LogP contribution < -0.4 is 0 Å². The van der Waals surface area contributed by atoms with Gasteiger partial charge in [-0.2, -0.15) is 8.42 Å². The van der Waals surface area contributed by atoms with E-state index in [0.717, 1.165) is 6.42 Å². The maximum Gasteiger partial charge on any atom is 0.302 e. The third kappa shape index (κ3) is 3.44. The van der Waals surface area contributed by atoms with Gasteiger partial charge in [-0.25, -0.2) is 0 Å². The van der Waals surface area contributed by atoms with Gasteiger partial charge in [-0.1, -0.05) is 6.92 Å². The summed E-state index contributed by atoms with van der Waals surface area (Å²) >= 11 is 0. The summed E-state index contributed by atoms with van der Waals surface area (Å²) in [5.74, 6) is -0.995. The van der Waals surface area contributed by atoms with Crippen molar-refractivity contribution in [2.45, 2.75) is 32.7 Å². The second-order valence-corrected chi connectivity index (χ2v) is 5.49. The zero-order valence-corrected chi connectivity index (χ0v) is 9.76. The Balaban J connectivity index is 2.60. The molecule has 0 aromatic rings. The normalized spacial score (nSPS) is 24.6. The summed E-state index contributed by atoms with van der Waals surface area (Å²) < 4.78 is 33.3. The molecule has 0 aromatic carbocycles. The maximum atomic E-state index is 12.4. The van der Waals surface area contributed by atoms with Crippen LogP contribution in [0.15, 0.2) is 0 Å². The topological polar surface area (TPSA) is 54.5 Å². The van der Waals surface area contributed by atoms with Crippen molar-refractivity contribution in [2.24, 2.45) is 5.92 Å². The molecule has 0 N–H and O–H groups in total. The molecule has 1 fully saturated rings. The molecule has 0 saturated carbocycles. The Morgan fingerprint density at radius 1 is 1.60 bits per heavy atom. The van der Waals surface area contributed by atoms with Gasteiger partial charge in [-0.3, -0.25) is 4.79 Å². The third-order valence-corrected chi connectivity index (χ3v) is 3.67. The first kappa shape index (κ1) is 12.4. The number of hydrogen-bond acceptors (Lipinski definition) is 3. The maximum absolute atomic E-state index is 12.4. The Kier molecular flexibility index (Phi) is 3.70. The highest BCUT2D eigenvalue weighted by atomic mass is 32.3. The lowest BCUT2D eigenvalue weighted by Gasteiger charge is -2.23. The summed E-state index contributed by atoms with van der Waals surface area (Å²) in [6.45, 7) is 4.22. The molecule has 2 atom stereocenters. The number of halogens is 1. The van der Waals surface area contributed by atoms with E-state index in [2.05, 4.69) is 0 Å². The predicted octanol–water partition coefficient (Wildman–Crippen LogP) is 0.933. The second-order valence-electron chi connectivity index (χ2n) is 4.08. The van der Waals surface area contributed by atoms with Gasteiger partial charge in [0.05, 0.1) is 5.75 Å². The van der Waals surface area contributed by atoms with Crippen LogP contribution in [0.5, 0.6) is 0 Å². The minimum absolute atomic E-state index is 0.0713. The van der Waals surface area contributed by atoms with Gasteiger partial charge >= 0.3 is 10.2 Å². The van der Waals surface area contributed by atoms with Gasteiger partial charge in [0, 0.05) is 24.9 Å². The molecule has 6 heteroatoms. The Labute approximate surface area is 89.7 Å². The molecule has 2 unspecified atom stereocenters. The highest BCUT2D eigenvalue weighted by Gasteiger charge is 2.34. The van der Waals surface area contributed by atoms with Gasteiger partial charge in [0.1, 0.15) is 0 Å². The van der Waals surface area contributed by atoms with Crippen molar-refractivity contribution >= 4 is 16.1 Å². The van der Waals surface area contributed by atoms with Crippen LogP contribution in [0.3, 0.4) is 0 Å². The largest absolute Gasteiger partial charge is 0.340 e. The first-order chi connectivity index (χ1) is 6.83. The molecule has 0 bridgehead atoms. The van der Waals surface area contributed by atoms with E-state index in [4.69, 9.17) is 0 Å². The molecule has 1 aliphatic rings. The molecule has 0 spiro atoms. The second kappa shape index (κ2) is 4.47. The molecule has 1 heterocycles. The smallest absolute Gasteiger partial charge is 0.302 e. The fourth-order valence-corrected chi connectivity index (χ4v) is 2.63. The van der Waals surface area contributed by atoms with Crippen LogP contribution in [0.2, 0.25) is 0 Å². The van der Waals surface area contributed by atoms with Gasteiger partial charge in [-0.05, 0) is 13.3 Å². The van der Waals surface area contributed by atoms with Crippen molar-refractivity contribution in [2.75, 3.05) is 12.3 Å². The number of carbonyl (C=O) groups excluding carboxylic acids is 1. The van der Waals surface area contributed by atoms with Crippen molar-refractivity contribution in [3.05, 3.63) is 0 Å². The molecule has 1 aliphatic heterocycles. The summed E-state index contributed by atoms with van der Waals surface area (Å²) in [7, 11) is -4.47. The number of amides is 1. The van der Waals surface area contributed by atoms with Gasteiger partial charge in [0.25, 0.3) is 0 Å². The molecule has 0 radical (unpaired) electrons. The number of hydrogen-bond donors (Lipinski definition) is 0. The van der Waals surface area contributed by atoms with E-state index in [-0.39, 0.29) is 24.3 Å². The van der Waals surface area contributed by atoms with Crippen LogP contribution in [-0.2, 0) is 15.0 Å². The van der Waals surface area contributed by atoms with Gasteiger partial charge in [0.15, 0.2) is 0 Å². The van der Waals surface area contributed by atoms with Crippen molar-refractivity contribution in [1.29, 1.82) is 0 Å². The van der Waals surface area contributed by atoms with E-state index < -0.39 is 16.0 Å². The summed E-state index contributed by atoms with van der Waals surface area (Å²) in [5, 5.41) is 0. The lowest BCUT2D eigenvalue weighted by Crippen LogP contribution is -2.34. The summed E-state index contributed by atoms with van der Waals surface area (Å²) in [4.78, 5) is 13.1. The zero-order chi connectivity index (χ0) is 11.6. The molecule has 88 valence electrons. The van der Waals surface area contributed by atoms with Crippen molar-refractivity contribution in [1.82, 2.24) is 4.90 Å². The minimum Gasteiger partial charge on any atom is -0.340 e. The van der Waals surface area contributed by atoms with Crippen LogP contribution in [-0.4, -0.2) is 37.6 Å². The van der Waals surface area contributed by atoms with Crippen LogP contribution in [0, 0.1) is 5.92 Å². The van der Waals surface area contributed by atoms with Gasteiger partial charge in [-0.15, -0.1) is 3.89 Å². The Bertz CT molecular complexity index is 341. The molecule has 0 aliphatic carbocycles. The third-order valence-electron chi connectivity index (χ3n) is 2.80. The van der Waals surface area contributed by atoms with E-state index in [9.17, 15) is 17.1 Å². The highest BCUT2D eigenvalue weighted by molar-refractivity contribution is 7.86. The predicted molar refractivity (Wildman–Crippen MR) is 54.5 cm³/mol. The quantitative estimate of drug-likeness (QED) is 0.684. The molecule has 0 aromatic heterocycles. The fraction of sp³-hybridized carbons (Fsp3) is 0.889. The van der Waals surface area contributed by atoms with Gasteiger partial charge in [0.2, 0.25) is 5.91 Å². The van der Waals surface area contributed by atoms with Crippen LogP contribution in [0.4, 0.5) is 3.89 Å². The van der Waals surface area contributed by atoms with Crippen molar-refractivity contribution < 1.29 is 17.1 Å². The van der Waals surface area contributed by atoms with Crippen molar-refractivity contribution in [3.63, 3.8) is 0 Å². The number of carbonyl (C=O) groups is 1. The molecular formula is C9H16FNO3S. The molecule has 1 rings (SSSR count). The average Bonchev–Trinajstić information content (AvgIpc) is 2.42. The van der Waals surface area contributed by atoms with E-state index in [1.54, 1.807) is 4.90 Å². The molecular weight excluding hydrogens is 221 g/mol. The van der Waals surface area contributed by atoms with Crippen LogP contribution >= 0.6 is 0 Å².